The average molecular weight is 516 g/mol. The third-order valence-corrected chi connectivity index (χ3v) is 8.16. The standard InChI is InChI=1S/C24H22ClN3O4S2/c1-3-28(16-8-6-5-7-9-16)34(30,31)18-11-12-20(25)19(15-18)23(29)27-24-26-21-13-10-17(32-4-2)14-22(21)33-24/h5-15H,3-4H2,1-2H3,(H,26,27,29). The number of amides is 1. The van der Waals surface area contributed by atoms with Crippen LogP contribution in [-0.2, 0) is 10.0 Å². The number of nitrogens with one attached hydrogen (secondary N) is 1. The molecule has 0 saturated heterocycles. The Morgan fingerprint density at radius 1 is 1.09 bits per heavy atom. The summed E-state index contributed by atoms with van der Waals surface area (Å²) in [7, 11) is -3.91. The number of benzene rings is 3. The van der Waals surface area contributed by atoms with E-state index in [-0.39, 0.29) is 22.0 Å². The van der Waals surface area contributed by atoms with Crippen LogP contribution in [0, 0.1) is 0 Å². The van der Waals surface area contributed by atoms with Gasteiger partial charge in [0.25, 0.3) is 15.9 Å². The molecular formula is C24H22ClN3O4S2. The summed E-state index contributed by atoms with van der Waals surface area (Å²) in [5.41, 5.74) is 1.29. The van der Waals surface area contributed by atoms with Crippen molar-refractivity contribution in [3.8, 4) is 5.75 Å². The van der Waals surface area contributed by atoms with E-state index in [1.807, 2.05) is 31.2 Å². The van der Waals surface area contributed by atoms with Crippen molar-refractivity contribution in [1.29, 1.82) is 0 Å². The third-order valence-electron chi connectivity index (χ3n) is 4.99. The Balaban J connectivity index is 1.63. The number of sulfonamides is 1. The number of halogens is 1. The van der Waals surface area contributed by atoms with Gasteiger partial charge in [-0.25, -0.2) is 13.4 Å². The number of aromatic nitrogens is 1. The highest BCUT2D eigenvalue weighted by Crippen LogP contribution is 2.31. The molecule has 0 radical (unpaired) electrons. The van der Waals surface area contributed by atoms with Gasteiger partial charge in [0.1, 0.15) is 5.75 Å². The Hall–Kier alpha value is -3.14. The molecule has 0 unspecified atom stereocenters. The summed E-state index contributed by atoms with van der Waals surface area (Å²) in [6.07, 6.45) is 0. The quantitative estimate of drug-likeness (QED) is 0.319. The lowest BCUT2D eigenvalue weighted by Gasteiger charge is -2.23. The van der Waals surface area contributed by atoms with E-state index < -0.39 is 15.9 Å². The van der Waals surface area contributed by atoms with Crippen molar-refractivity contribution in [1.82, 2.24) is 4.98 Å². The van der Waals surface area contributed by atoms with Gasteiger partial charge in [0.15, 0.2) is 5.13 Å². The number of thiazole rings is 1. The van der Waals surface area contributed by atoms with Gasteiger partial charge in [-0.1, -0.05) is 41.1 Å². The molecule has 1 amide bonds. The fourth-order valence-electron chi connectivity index (χ4n) is 3.43. The van der Waals surface area contributed by atoms with Crippen LogP contribution in [0.3, 0.4) is 0 Å². The van der Waals surface area contributed by atoms with Crippen molar-refractivity contribution in [2.75, 3.05) is 22.8 Å². The third kappa shape index (κ3) is 4.86. The summed E-state index contributed by atoms with van der Waals surface area (Å²) < 4.78 is 34.3. The van der Waals surface area contributed by atoms with E-state index in [9.17, 15) is 13.2 Å². The molecule has 176 valence electrons. The second kappa shape index (κ2) is 10.0. The van der Waals surface area contributed by atoms with Gasteiger partial charge in [-0.2, -0.15) is 0 Å². The normalized spacial score (nSPS) is 11.4. The maximum Gasteiger partial charge on any atom is 0.264 e. The second-order valence-corrected chi connectivity index (χ2v) is 10.5. The lowest BCUT2D eigenvalue weighted by molar-refractivity contribution is 0.102. The Morgan fingerprint density at radius 3 is 2.56 bits per heavy atom. The van der Waals surface area contributed by atoms with E-state index in [0.717, 1.165) is 10.4 Å². The predicted octanol–water partition coefficient (Wildman–Crippen LogP) is 5.82. The fraction of sp³-hybridized carbons (Fsp3) is 0.167. The van der Waals surface area contributed by atoms with Gasteiger partial charge in [-0.05, 0) is 62.4 Å². The van der Waals surface area contributed by atoms with E-state index in [0.29, 0.717) is 22.9 Å². The molecule has 10 heteroatoms. The Bertz CT molecular complexity index is 1440. The van der Waals surface area contributed by atoms with E-state index in [1.165, 1.54) is 33.8 Å². The number of hydrogen-bond donors (Lipinski definition) is 1. The van der Waals surface area contributed by atoms with Gasteiger partial charge in [-0.3, -0.25) is 14.4 Å². The molecule has 0 bridgehead atoms. The van der Waals surface area contributed by atoms with Gasteiger partial charge < -0.3 is 4.74 Å². The minimum atomic E-state index is -3.91. The van der Waals surface area contributed by atoms with Gasteiger partial charge >= 0.3 is 0 Å². The number of carbonyl (C=O) groups is 1. The molecule has 0 fully saturated rings. The monoisotopic (exact) mass is 515 g/mol. The average Bonchev–Trinajstić information content (AvgIpc) is 3.22. The van der Waals surface area contributed by atoms with Crippen LogP contribution in [0.15, 0.2) is 71.6 Å². The van der Waals surface area contributed by atoms with E-state index in [4.69, 9.17) is 16.3 Å². The Kier molecular flexibility index (Phi) is 7.06. The molecule has 0 atom stereocenters. The molecule has 1 aromatic heterocycles. The lowest BCUT2D eigenvalue weighted by atomic mass is 10.2. The van der Waals surface area contributed by atoms with Crippen LogP contribution in [0.1, 0.15) is 24.2 Å². The van der Waals surface area contributed by atoms with Gasteiger partial charge in [-0.15, -0.1) is 0 Å². The highest BCUT2D eigenvalue weighted by Gasteiger charge is 2.25. The van der Waals surface area contributed by atoms with Crippen molar-refractivity contribution in [2.24, 2.45) is 0 Å². The number of para-hydroxylation sites is 1. The summed E-state index contributed by atoms with van der Waals surface area (Å²) in [6.45, 7) is 4.43. The number of carbonyl (C=O) groups excluding carboxylic acids is 1. The first kappa shape index (κ1) is 24.0. The molecular weight excluding hydrogens is 494 g/mol. The van der Waals surface area contributed by atoms with Crippen molar-refractivity contribution < 1.29 is 17.9 Å². The van der Waals surface area contributed by atoms with Crippen molar-refractivity contribution in [3.63, 3.8) is 0 Å². The Morgan fingerprint density at radius 2 is 1.85 bits per heavy atom. The first-order valence-corrected chi connectivity index (χ1v) is 13.2. The highest BCUT2D eigenvalue weighted by molar-refractivity contribution is 7.92. The van der Waals surface area contributed by atoms with Crippen molar-refractivity contribution >= 4 is 59.9 Å². The SMILES string of the molecule is CCOc1ccc2nc(NC(=O)c3cc(S(=O)(=O)N(CC)c4ccccc4)ccc3Cl)sc2c1. The molecule has 3 aromatic carbocycles. The van der Waals surface area contributed by atoms with Crippen LogP contribution in [0.4, 0.5) is 10.8 Å². The van der Waals surface area contributed by atoms with Gasteiger partial charge in [0.05, 0.1) is 38.0 Å². The molecule has 0 aliphatic carbocycles. The van der Waals surface area contributed by atoms with Gasteiger partial charge in [0, 0.05) is 6.54 Å². The minimum Gasteiger partial charge on any atom is -0.494 e. The summed E-state index contributed by atoms with van der Waals surface area (Å²) in [6, 6.07) is 18.4. The van der Waals surface area contributed by atoms with Crippen LogP contribution in [0.2, 0.25) is 5.02 Å². The minimum absolute atomic E-state index is 0.0293. The number of ether oxygens (including phenoxy) is 1. The number of hydrogen-bond acceptors (Lipinski definition) is 6. The predicted molar refractivity (Wildman–Crippen MR) is 137 cm³/mol. The van der Waals surface area contributed by atoms with Crippen LogP contribution in [-0.4, -0.2) is 32.5 Å². The van der Waals surface area contributed by atoms with E-state index in [1.54, 1.807) is 31.2 Å². The first-order chi connectivity index (χ1) is 16.3. The maximum absolute atomic E-state index is 13.3. The zero-order valence-corrected chi connectivity index (χ0v) is 20.9. The zero-order valence-electron chi connectivity index (χ0n) is 18.5. The molecule has 0 aliphatic heterocycles. The van der Waals surface area contributed by atoms with E-state index in [2.05, 4.69) is 10.3 Å². The van der Waals surface area contributed by atoms with Crippen LogP contribution >= 0.6 is 22.9 Å². The fourth-order valence-corrected chi connectivity index (χ4v) is 6.02. The number of fused-ring (bicyclic) bond motifs is 1. The van der Waals surface area contributed by atoms with Gasteiger partial charge in [0.2, 0.25) is 0 Å². The highest BCUT2D eigenvalue weighted by atomic mass is 35.5. The molecule has 0 spiro atoms. The molecule has 0 aliphatic rings. The zero-order chi connectivity index (χ0) is 24.3. The first-order valence-electron chi connectivity index (χ1n) is 10.6. The summed E-state index contributed by atoms with van der Waals surface area (Å²) >= 11 is 7.56. The molecule has 4 aromatic rings. The second-order valence-electron chi connectivity index (χ2n) is 7.18. The lowest BCUT2D eigenvalue weighted by Crippen LogP contribution is -2.31. The van der Waals surface area contributed by atoms with Crippen molar-refractivity contribution in [2.45, 2.75) is 18.7 Å². The smallest absolute Gasteiger partial charge is 0.264 e. The van der Waals surface area contributed by atoms with E-state index >= 15 is 0 Å². The summed E-state index contributed by atoms with van der Waals surface area (Å²) in [5.74, 6) is 0.172. The summed E-state index contributed by atoms with van der Waals surface area (Å²) in [4.78, 5) is 17.4. The number of nitrogens with zero attached hydrogens (tertiary/aromatic N) is 2. The molecule has 7 nitrogen and oxygen atoms in total. The van der Waals surface area contributed by atoms with Crippen LogP contribution in [0.5, 0.6) is 5.75 Å². The maximum atomic E-state index is 13.3. The largest absolute Gasteiger partial charge is 0.494 e. The number of rotatable bonds is 8. The number of anilines is 2. The summed E-state index contributed by atoms with van der Waals surface area (Å²) in [5, 5.41) is 3.24. The Labute approximate surface area is 207 Å². The molecule has 34 heavy (non-hydrogen) atoms. The molecule has 1 heterocycles. The molecule has 0 saturated carbocycles. The van der Waals surface area contributed by atoms with Crippen LogP contribution < -0.4 is 14.4 Å². The van der Waals surface area contributed by atoms with Crippen molar-refractivity contribution in [3.05, 3.63) is 77.3 Å². The molecule has 1 N–H and O–H groups in total. The topological polar surface area (TPSA) is 88.6 Å². The molecule has 4 rings (SSSR count). The van der Waals surface area contributed by atoms with Crippen LogP contribution in [0.25, 0.3) is 10.2 Å².